The summed E-state index contributed by atoms with van der Waals surface area (Å²) in [5.41, 5.74) is 0.917. The monoisotopic (exact) mass is 360 g/mol. The zero-order valence-electron chi connectivity index (χ0n) is 9.36. The van der Waals surface area contributed by atoms with Gasteiger partial charge in [-0.2, -0.15) is 0 Å². The van der Waals surface area contributed by atoms with Gasteiger partial charge >= 0.3 is 0 Å². The van der Waals surface area contributed by atoms with Crippen LogP contribution < -0.4 is 5.32 Å². The Morgan fingerprint density at radius 1 is 1.11 bits per heavy atom. The van der Waals surface area contributed by atoms with Crippen molar-refractivity contribution >= 4 is 56.2 Å². The summed E-state index contributed by atoms with van der Waals surface area (Å²) in [5, 5.41) is 14.8. The molecule has 0 unspecified atom stereocenters. The molecule has 0 aliphatic rings. The van der Waals surface area contributed by atoms with Gasteiger partial charge in [-0.3, -0.25) is 10.1 Å². The lowest BCUT2D eigenvalue weighted by molar-refractivity contribution is -0.384. The maximum absolute atomic E-state index is 11.0. The fourth-order valence-corrected chi connectivity index (χ4v) is 2.42. The van der Waals surface area contributed by atoms with E-state index in [1.807, 2.05) is 0 Å². The van der Waals surface area contributed by atoms with Gasteiger partial charge in [-0.1, -0.05) is 39.1 Å². The maximum atomic E-state index is 11.0. The Balaban J connectivity index is 2.40. The van der Waals surface area contributed by atoms with Crippen LogP contribution in [0.2, 0.25) is 10.0 Å². The van der Waals surface area contributed by atoms with Crippen LogP contribution in [0.1, 0.15) is 0 Å². The molecule has 0 amide bonds. The SMILES string of the molecule is O=[N+]([O-])c1cc(Br)ccc1Nc1cc(Cl)cc(Cl)c1. The molecule has 19 heavy (non-hydrogen) atoms. The second-order valence-electron chi connectivity index (χ2n) is 3.70. The number of hydrogen-bond donors (Lipinski definition) is 1. The van der Waals surface area contributed by atoms with Crippen LogP contribution in [0.3, 0.4) is 0 Å². The van der Waals surface area contributed by atoms with E-state index in [4.69, 9.17) is 23.2 Å². The smallest absolute Gasteiger partial charge is 0.293 e. The van der Waals surface area contributed by atoms with Crippen molar-refractivity contribution < 1.29 is 4.92 Å². The Kier molecular flexibility index (Phi) is 4.29. The van der Waals surface area contributed by atoms with E-state index in [9.17, 15) is 10.1 Å². The molecule has 0 spiro atoms. The number of benzene rings is 2. The summed E-state index contributed by atoms with van der Waals surface area (Å²) in [7, 11) is 0. The minimum Gasteiger partial charge on any atom is -0.350 e. The van der Waals surface area contributed by atoms with Crippen LogP contribution in [-0.4, -0.2) is 4.92 Å². The molecule has 98 valence electrons. The lowest BCUT2D eigenvalue weighted by atomic mass is 10.2. The minimum absolute atomic E-state index is 0.0366. The summed E-state index contributed by atoms with van der Waals surface area (Å²) in [4.78, 5) is 10.5. The highest BCUT2D eigenvalue weighted by Gasteiger charge is 2.14. The lowest BCUT2D eigenvalue weighted by Gasteiger charge is -2.08. The van der Waals surface area contributed by atoms with E-state index < -0.39 is 4.92 Å². The van der Waals surface area contributed by atoms with Gasteiger partial charge in [0.25, 0.3) is 5.69 Å². The topological polar surface area (TPSA) is 55.2 Å². The number of nitrogens with one attached hydrogen (secondary N) is 1. The molecule has 2 aromatic rings. The molecule has 0 atom stereocenters. The predicted molar refractivity (Wildman–Crippen MR) is 80.5 cm³/mol. The molecular formula is C12H7BrCl2N2O2. The molecule has 0 heterocycles. The summed E-state index contributed by atoms with van der Waals surface area (Å²) >= 11 is 15.0. The average Bonchev–Trinajstić information content (AvgIpc) is 2.30. The van der Waals surface area contributed by atoms with Crippen LogP contribution in [0.4, 0.5) is 17.1 Å². The van der Waals surface area contributed by atoms with Crippen LogP contribution in [-0.2, 0) is 0 Å². The third kappa shape index (κ3) is 3.59. The van der Waals surface area contributed by atoms with E-state index in [0.29, 0.717) is 25.9 Å². The van der Waals surface area contributed by atoms with Gasteiger partial charge in [-0.15, -0.1) is 0 Å². The highest BCUT2D eigenvalue weighted by molar-refractivity contribution is 9.10. The van der Waals surface area contributed by atoms with Crippen molar-refractivity contribution in [3.63, 3.8) is 0 Å². The van der Waals surface area contributed by atoms with Crippen LogP contribution >= 0.6 is 39.1 Å². The van der Waals surface area contributed by atoms with Gasteiger partial charge in [0.1, 0.15) is 5.69 Å². The number of nitro groups is 1. The Morgan fingerprint density at radius 3 is 2.32 bits per heavy atom. The number of anilines is 2. The van der Waals surface area contributed by atoms with Gasteiger partial charge in [0.05, 0.1) is 4.92 Å². The zero-order valence-corrected chi connectivity index (χ0v) is 12.5. The predicted octanol–water partition coefficient (Wildman–Crippen LogP) is 5.41. The fourth-order valence-electron chi connectivity index (χ4n) is 1.54. The lowest BCUT2D eigenvalue weighted by Crippen LogP contribution is -1.97. The highest BCUT2D eigenvalue weighted by atomic mass is 79.9. The van der Waals surface area contributed by atoms with E-state index in [-0.39, 0.29) is 5.69 Å². The van der Waals surface area contributed by atoms with Gasteiger partial charge < -0.3 is 5.32 Å². The van der Waals surface area contributed by atoms with Crippen molar-refractivity contribution in [3.05, 3.63) is 61.0 Å². The van der Waals surface area contributed by atoms with Crippen LogP contribution in [0.25, 0.3) is 0 Å². The summed E-state index contributed by atoms with van der Waals surface area (Å²) < 4.78 is 0.633. The normalized spacial score (nSPS) is 10.3. The Bertz CT molecular complexity index is 629. The molecule has 1 N–H and O–H groups in total. The minimum atomic E-state index is -0.459. The first-order valence-electron chi connectivity index (χ1n) is 5.13. The number of nitrogens with zero attached hydrogens (tertiary/aromatic N) is 1. The third-order valence-electron chi connectivity index (χ3n) is 2.30. The molecule has 0 saturated carbocycles. The van der Waals surface area contributed by atoms with Gasteiger partial charge in [0.2, 0.25) is 0 Å². The van der Waals surface area contributed by atoms with Crippen LogP contribution in [0.5, 0.6) is 0 Å². The van der Waals surface area contributed by atoms with E-state index in [1.54, 1.807) is 30.3 Å². The standard InChI is InChI=1S/C12H7BrCl2N2O2/c13-7-1-2-11(12(3-7)17(18)19)16-10-5-8(14)4-9(15)6-10/h1-6,16H. The van der Waals surface area contributed by atoms with Crippen molar-refractivity contribution in [1.82, 2.24) is 0 Å². The summed E-state index contributed by atoms with van der Waals surface area (Å²) in [6.07, 6.45) is 0. The molecule has 0 radical (unpaired) electrons. The van der Waals surface area contributed by atoms with E-state index in [1.165, 1.54) is 6.07 Å². The maximum Gasteiger partial charge on any atom is 0.293 e. The Morgan fingerprint density at radius 2 is 1.74 bits per heavy atom. The molecule has 7 heteroatoms. The molecular weight excluding hydrogens is 355 g/mol. The van der Waals surface area contributed by atoms with E-state index in [2.05, 4.69) is 21.2 Å². The highest BCUT2D eigenvalue weighted by Crippen LogP contribution is 2.32. The average molecular weight is 362 g/mol. The van der Waals surface area contributed by atoms with Gasteiger partial charge in [-0.25, -0.2) is 0 Å². The van der Waals surface area contributed by atoms with Crippen molar-refractivity contribution in [2.24, 2.45) is 0 Å². The first-order valence-corrected chi connectivity index (χ1v) is 6.67. The van der Waals surface area contributed by atoms with Gasteiger partial charge in [0, 0.05) is 26.3 Å². The zero-order chi connectivity index (χ0) is 14.0. The number of rotatable bonds is 3. The third-order valence-corrected chi connectivity index (χ3v) is 3.23. The van der Waals surface area contributed by atoms with Crippen molar-refractivity contribution in [3.8, 4) is 0 Å². The van der Waals surface area contributed by atoms with Crippen LogP contribution in [0.15, 0.2) is 40.9 Å². The van der Waals surface area contributed by atoms with Gasteiger partial charge in [0.15, 0.2) is 0 Å². The number of halogens is 3. The number of hydrogen-bond acceptors (Lipinski definition) is 3. The van der Waals surface area contributed by atoms with Crippen LogP contribution in [0, 0.1) is 10.1 Å². The molecule has 0 bridgehead atoms. The van der Waals surface area contributed by atoms with Crippen molar-refractivity contribution in [1.29, 1.82) is 0 Å². The van der Waals surface area contributed by atoms with Gasteiger partial charge in [-0.05, 0) is 30.3 Å². The van der Waals surface area contributed by atoms with Crippen molar-refractivity contribution in [2.45, 2.75) is 0 Å². The molecule has 0 aliphatic heterocycles. The summed E-state index contributed by atoms with van der Waals surface area (Å²) in [6.45, 7) is 0. The molecule has 2 rings (SSSR count). The summed E-state index contributed by atoms with van der Waals surface area (Å²) in [5.74, 6) is 0. The Labute approximate surface area is 127 Å². The van der Waals surface area contributed by atoms with E-state index in [0.717, 1.165) is 0 Å². The second kappa shape index (κ2) is 5.77. The molecule has 0 aromatic heterocycles. The first-order chi connectivity index (χ1) is 8.95. The fraction of sp³-hybridized carbons (Fsp3) is 0. The largest absolute Gasteiger partial charge is 0.350 e. The molecule has 4 nitrogen and oxygen atoms in total. The molecule has 0 saturated heterocycles. The molecule has 0 aliphatic carbocycles. The molecule has 0 fully saturated rings. The summed E-state index contributed by atoms with van der Waals surface area (Å²) in [6, 6.07) is 9.61. The quantitative estimate of drug-likeness (QED) is 0.587. The van der Waals surface area contributed by atoms with E-state index >= 15 is 0 Å². The first kappa shape index (κ1) is 14.1. The Hall–Kier alpha value is -1.30. The second-order valence-corrected chi connectivity index (χ2v) is 5.49. The number of nitro benzene ring substituents is 1. The molecule has 2 aromatic carbocycles. The van der Waals surface area contributed by atoms with Crippen molar-refractivity contribution in [2.75, 3.05) is 5.32 Å².